The van der Waals surface area contributed by atoms with Gasteiger partial charge in [-0.05, 0) is 48.1 Å². The first-order valence-electron chi connectivity index (χ1n) is 7.75. The van der Waals surface area contributed by atoms with Gasteiger partial charge >= 0.3 is 0 Å². The highest BCUT2D eigenvalue weighted by Crippen LogP contribution is 2.39. The molecule has 2 aromatic carbocycles. The van der Waals surface area contributed by atoms with Crippen molar-refractivity contribution >= 4 is 46.6 Å². The van der Waals surface area contributed by atoms with Gasteiger partial charge in [-0.1, -0.05) is 23.7 Å². The van der Waals surface area contributed by atoms with Gasteiger partial charge in [-0.2, -0.15) is 0 Å². The summed E-state index contributed by atoms with van der Waals surface area (Å²) >= 11 is 11.4. The number of nitrogens with one attached hydrogen (secondary N) is 1. The zero-order chi connectivity index (χ0) is 18.3. The molecule has 1 fully saturated rings. The Kier molecular flexibility index (Phi) is 4.26. The van der Waals surface area contributed by atoms with Crippen LogP contribution in [-0.2, 0) is 4.79 Å². The summed E-state index contributed by atoms with van der Waals surface area (Å²) in [5.74, 6) is 0.00333. The number of thiocarbonyl (C=S) groups is 1. The number of para-hydroxylation sites is 1. The van der Waals surface area contributed by atoms with Gasteiger partial charge in [0.2, 0.25) is 0 Å². The van der Waals surface area contributed by atoms with Crippen LogP contribution in [0.3, 0.4) is 0 Å². The number of amides is 1. The minimum atomic E-state index is -0.534. The van der Waals surface area contributed by atoms with Crippen LogP contribution in [0.1, 0.15) is 5.56 Å². The Morgan fingerprint density at radius 1 is 1.23 bits per heavy atom. The molecule has 26 heavy (non-hydrogen) atoms. The third-order valence-electron chi connectivity index (χ3n) is 3.90. The van der Waals surface area contributed by atoms with E-state index < -0.39 is 11.7 Å². The van der Waals surface area contributed by atoms with Crippen molar-refractivity contribution in [1.29, 1.82) is 0 Å². The van der Waals surface area contributed by atoms with Crippen molar-refractivity contribution in [3.05, 3.63) is 58.5 Å². The van der Waals surface area contributed by atoms with Crippen LogP contribution in [0.25, 0.3) is 6.08 Å². The number of ether oxygens (including phenoxy) is 2. The molecule has 1 saturated heterocycles. The van der Waals surface area contributed by atoms with Gasteiger partial charge in [0.15, 0.2) is 16.6 Å². The SMILES string of the molecule is O=C1/C(=C/c2cc(Cl)c3c(c2)OCCO3)NC(=S)N1c1ccccc1F. The van der Waals surface area contributed by atoms with E-state index in [1.54, 1.807) is 30.3 Å². The van der Waals surface area contributed by atoms with Gasteiger partial charge in [0, 0.05) is 0 Å². The van der Waals surface area contributed by atoms with Crippen molar-refractivity contribution < 1.29 is 18.7 Å². The predicted octanol–water partition coefficient (Wildman–Crippen LogP) is 3.51. The molecule has 5 nitrogen and oxygen atoms in total. The van der Waals surface area contributed by atoms with Gasteiger partial charge in [0.25, 0.3) is 5.91 Å². The van der Waals surface area contributed by atoms with Crippen molar-refractivity contribution in [1.82, 2.24) is 5.32 Å². The summed E-state index contributed by atoms with van der Waals surface area (Å²) in [7, 11) is 0. The number of rotatable bonds is 2. The lowest BCUT2D eigenvalue weighted by atomic mass is 10.1. The molecular formula is C18H12ClFN2O3S. The molecule has 2 aromatic rings. The summed E-state index contributed by atoms with van der Waals surface area (Å²) in [5, 5.41) is 3.30. The number of hydrogen-bond donors (Lipinski definition) is 1. The summed E-state index contributed by atoms with van der Waals surface area (Å²) < 4.78 is 25.0. The lowest BCUT2D eigenvalue weighted by molar-refractivity contribution is -0.113. The van der Waals surface area contributed by atoms with Crippen LogP contribution in [0.2, 0.25) is 5.02 Å². The van der Waals surface area contributed by atoms with Gasteiger partial charge in [0.1, 0.15) is 24.7 Å². The van der Waals surface area contributed by atoms with Crippen LogP contribution in [0.5, 0.6) is 11.5 Å². The van der Waals surface area contributed by atoms with Crippen LogP contribution < -0.4 is 19.7 Å². The Hall–Kier alpha value is -2.64. The van der Waals surface area contributed by atoms with Crippen LogP contribution >= 0.6 is 23.8 Å². The lowest BCUT2D eigenvalue weighted by Crippen LogP contribution is -2.31. The zero-order valence-electron chi connectivity index (χ0n) is 13.3. The molecule has 0 spiro atoms. The molecule has 2 aliphatic heterocycles. The maximum absolute atomic E-state index is 14.0. The third-order valence-corrected chi connectivity index (χ3v) is 4.47. The van der Waals surface area contributed by atoms with E-state index >= 15 is 0 Å². The fraction of sp³-hybridized carbons (Fsp3) is 0.111. The van der Waals surface area contributed by atoms with Gasteiger partial charge < -0.3 is 14.8 Å². The van der Waals surface area contributed by atoms with Crippen molar-refractivity contribution in [3.63, 3.8) is 0 Å². The predicted molar refractivity (Wildman–Crippen MR) is 100 cm³/mol. The molecule has 2 aliphatic rings. The Labute approximate surface area is 159 Å². The largest absolute Gasteiger partial charge is 0.486 e. The molecule has 1 amide bonds. The summed E-state index contributed by atoms with van der Waals surface area (Å²) in [4.78, 5) is 13.8. The van der Waals surface area contributed by atoms with E-state index in [-0.39, 0.29) is 16.5 Å². The second-order valence-electron chi connectivity index (χ2n) is 5.61. The number of fused-ring (bicyclic) bond motifs is 1. The standard InChI is InChI=1S/C18H12ClFN2O3S/c19-11-7-10(9-15-16(11)25-6-5-24-15)8-13-17(23)22(18(26)21-13)14-4-2-1-3-12(14)20/h1-4,7-9H,5-6H2,(H,21,26)/b13-8-. The molecule has 2 heterocycles. The Morgan fingerprint density at radius 2 is 2.00 bits per heavy atom. The van der Waals surface area contributed by atoms with Crippen molar-refractivity contribution in [2.75, 3.05) is 18.1 Å². The first kappa shape index (κ1) is 16.8. The fourth-order valence-corrected chi connectivity index (χ4v) is 3.33. The number of halogens is 2. The van der Waals surface area contributed by atoms with E-state index in [9.17, 15) is 9.18 Å². The number of carbonyl (C=O) groups excluding carboxylic acids is 1. The number of benzene rings is 2. The lowest BCUT2D eigenvalue weighted by Gasteiger charge is -2.19. The number of anilines is 1. The molecule has 0 bridgehead atoms. The van der Waals surface area contributed by atoms with Gasteiger partial charge in [0.05, 0.1) is 10.7 Å². The zero-order valence-corrected chi connectivity index (χ0v) is 14.9. The number of carbonyl (C=O) groups is 1. The molecule has 0 aliphatic carbocycles. The minimum Gasteiger partial charge on any atom is -0.486 e. The molecule has 0 unspecified atom stereocenters. The molecule has 8 heteroatoms. The van der Waals surface area contributed by atoms with Crippen molar-refractivity contribution in [3.8, 4) is 11.5 Å². The normalized spacial score (nSPS) is 17.6. The van der Waals surface area contributed by atoms with E-state index in [0.29, 0.717) is 35.3 Å². The summed E-state index contributed by atoms with van der Waals surface area (Å²) in [6.07, 6.45) is 1.58. The van der Waals surface area contributed by atoms with E-state index in [0.717, 1.165) is 4.90 Å². The van der Waals surface area contributed by atoms with Gasteiger partial charge in [-0.25, -0.2) is 9.29 Å². The first-order valence-corrected chi connectivity index (χ1v) is 8.54. The molecule has 132 valence electrons. The second-order valence-corrected chi connectivity index (χ2v) is 6.40. The van der Waals surface area contributed by atoms with E-state index in [1.807, 2.05) is 0 Å². The summed E-state index contributed by atoms with van der Waals surface area (Å²) in [6.45, 7) is 0.852. The van der Waals surface area contributed by atoms with E-state index in [4.69, 9.17) is 33.3 Å². The molecule has 4 rings (SSSR count). The maximum Gasteiger partial charge on any atom is 0.281 e. The average Bonchev–Trinajstić information content (AvgIpc) is 2.89. The van der Waals surface area contributed by atoms with E-state index in [2.05, 4.69) is 5.32 Å². The number of hydrogen-bond acceptors (Lipinski definition) is 4. The molecule has 0 saturated carbocycles. The Morgan fingerprint density at radius 3 is 2.81 bits per heavy atom. The van der Waals surface area contributed by atoms with Crippen LogP contribution in [0.15, 0.2) is 42.1 Å². The minimum absolute atomic E-state index is 0.0959. The van der Waals surface area contributed by atoms with Crippen LogP contribution in [-0.4, -0.2) is 24.2 Å². The van der Waals surface area contributed by atoms with Crippen molar-refractivity contribution in [2.24, 2.45) is 0 Å². The Bertz CT molecular complexity index is 963. The van der Waals surface area contributed by atoms with E-state index in [1.165, 1.54) is 12.1 Å². The maximum atomic E-state index is 14.0. The van der Waals surface area contributed by atoms with Crippen LogP contribution in [0.4, 0.5) is 10.1 Å². The third kappa shape index (κ3) is 2.89. The summed E-state index contributed by atoms with van der Waals surface area (Å²) in [5.41, 5.74) is 0.942. The smallest absolute Gasteiger partial charge is 0.281 e. The molecular weight excluding hydrogens is 379 g/mol. The van der Waals surface area contributed by atoms with Crippen LogP contribution in [0, 0.1) is 5.82 Å². The highest BCUT2D eigenvalue weighted by Gasteiger charge is 2.33. The second kappa shape index (κ2) is 6.59. The molecule has 0 atom stereocenters. The topological polar surface area (TPSA) is 50.8 Å². The fourth-order valence-electron chi connectivity index (χ4n) is 2.77. The highest BCUT2D eigenvalue weighted by atomic mass is 35.5. The summed E-state index contributed by atoms with van der Waals surface area (Å²) in [6, 6.07) is 9.32. The quantitative estimate of drug-likeness (QED) is 0.628. The highest BCUT2D eigenvalue weighted by molar-refractivity contribution is 7.80. The average molecular weight is 391 g/mol. The Balaban J connectivity index is 1.69. The monoisotopic (exact) mass is 390 g/mol. The van der Waals surface area contributed by atoms with Gasteiger partial charge in [-0.15, -0.1) is 0 Å². The molecule has 0 aromatic heterocycles. The van der Waals surface area contributed by atoms with Gasteiger partial charge in [-0.3, -0.25) is 4.79 Å². The van der Waals surface area contributed by atoms with Crippen molar-refractivity contribution in [2.45, 2.75) is 0 Å². The number of nitrogens with zero attached hydrogens (tertiary/aromatic N) is 1. The first-order chi connectivity index (χ1) is 12.5. The molecule has 1 N–H and O–H groups in total. The molecule has 0 radical (unpaired) electrons.